The lowest BCUT2D eigenvalue weighted by Crippen LogP contribution is -2.03. The molecule has 0 aliphatic heterocycles. The Morgan fingerprint density at radius 2 is 2.00 bits per heavy atom. The summed E-state index contributed by atoms with van der Waals surface area (Å²) in [4.78, 5) is 4.03. The summed E-state index contributed by atoms with van der Waals surface area (Å²) >= 11 is 0. The van der Waals surface area contributed by atoms with Crippen LogP contribution in [0, 0.1) is 0 Å². The van der Waals surface area contributed by atoms with Gasteiger partial charge in [-0.05, 0) is 20.2 Å². The molecule has 62 valence electrons. The Morgan fingerprint density at radius 3 is 2.64 bits per heavy atom. The van der Waals surface area contributed by atoms with E-state index in [-0.39, 0.29) is 0 Å². The molecule has 0 aliphatic carbocycles. The van der Waals surface area contributed by atoms with E-state index in [4.69, 9.17) is 0 Å². The molecule has 0 saturated heterocycles. The summed E-state index contributed by atoms with van der Waals surface area (Å²) in [6.45, 7) is 3.62. The van der Waals surface area contributed by atoms with Crippen LogP contribution in [0.25, 0.3) is 0 Å². The van der Waals surface area contributed by atoms with Crippen molar-refractivity contribution in [3.8, 4) is 0 Å². The highest BCUT2D eigenvalue weighted by atomic mass is 14.8. The molecule has 0 radical (unpaired) electrons. The number of aliphatic imine (C=N–C) groups is 1. The van der Waals surface area contributed by atoms with Gasteiger partial charge in [0.25, 0.3) is 0 Å². The molecule has 0 aliphatic rings. The lowest BCUT2D eigenvalue weighted by atomic mass is 10.4. The first kappa shape index (κ1) is 10.1. The van der Waals surface area contributed by atoms with Gasteiger partial charge in [0.2, 0.25) is 0 Å². The summed E-state index contributed by atoms with van der Waals surface area (Å²) in [5.74, 6) is 0. The number of rotatable bonds is 5. The topological polar surface area (TPSA) is 24.4 Å². The molecule has 0 unspecified atom stereocenters. The average Bonchev–Trinajstić information content (AvgIpc) is 2.03. The molecule has 0 aromatic rings. The van der Waals surface area contributed by atoms with Gasteiger partial charge in [0.1, 0.15) is 0 Å². The smallest absolute Gasteiger partial charge is 0.0569 e. The van der Waals surface area contributed by atoms with Crippen LogP contribution < -0.4 is 5.32 Å². The summed E-state index contributed by atoms with van der Waals surface area (Å²) < 4.78 is 0. The monoisotopic (exact) mass is 152 g/mol. The van der Waals surface area contributed by atoms with E-state index in [2.05, 4.69) is 16.4 Å². The molecule has 11 heavy (non-hydrogen) atoms. The van der Waals surface area contributed by atoms with E-state index in [9.17, 15) is 0 Å². The third-order valence-electron chi connectivity index (χ3n) is 1.10. The third-order valence-corrected chi connectivity index (χ3v) is 1.10. The minimum Gasteiger partial charge on any atom is -0.316 e. The highest BCUT2D eigenvalue weighted by Crippen LogP contribution is 1.77. The maximum Gasteiger partial charge on any atom is 0.0569 e. The Kier molecular flexibility index (Phi) is 8.37. The van der Waals surface area contributed by atoms with E-state index < -0.39 is 0 Å². The van der Waals surface area contributed by atoms with E-state index in [1.54, 1.807) is 0 Å². The van der Waals surface area contributed by atoms with Gasteiger partial charge in [0, 0.05) is 6.54 Å². The first-order valence-corrected chi connectivity index (χ1v) is 3.82. The van der Waals surface area contributed by atoms with Crippen molar-refractivity contribution in [1.82, 2.24) is 5.32 Å². The van der Waals surface area contributed by atoms with Crippen LogP contribution >= 0.6 is 0 Å². The molecule has 0 heterocycles. The zero-order chi connectivity index (χ0) is 8.36. The second-order valence-electron chi connectivity index (χ2n) is 2.04. The zero-order valence-electron chi connectivity index (χ0n) is 7.25. The number of nitrogens with zero attached hydrogens (tertiary/aromatic N) is 1. The highest BCUT2D eigenvalue weighted by Gasteiger charge is 1.68. The summed E-state index contributed by atoms with van der Waals surface area (Å²) in [5.41, 5.74) is 0. The average molecular weight is 152 g/mol. The van der Waals surface area contributed by atoms with Crippen LogP contribution in [-0.4, -0.2) is 26.4 Å². The molecular weight excluding hydrogens is 136 g/mol. The number of hydrogen-bond acceptors (Lipinski definition) is 2. The largest absolute Gasteiger partial charge is 0.316 e. The minimum atomic E-state index is 0.778. The van der Waals surface area contributed by atoms with E-state index in [1.807, 2.05) is 38.4 Å². The second-order valence-corrected chi connectivity index (χ2v) is 2.04. The molecule has 1 N–H and O–H groups in total. The zero-order valence-corrected chi connectivity index (χ0v) is 7.25. The van der Waals surface area contributed by atoms with Crippen LogP contribution in [0.3, 0.4) is 0 Å². The number of nitrogens with one attached hydrogen (secondary N) is 1. The predicted molar refractivity (Wildman–Crippen MR) is 51.2 cm³/mol. The van der Waals surface area contributed by atoms with Gasteiger partial charge >= 0.3 is 0 Å². The quantitative estimate of drug-likeness (QED) is 0.467. The summed E-state index contributed by atoms with van der Waals surface area (Å²) in [7, 11) is 1.93. The van der Waals surface area contributed by atoms with Gasteiger partial charge in [-0.3, -0.25) is 4.99 Å². The molecule has 0 spiro atoms. The molecule has 2 nitrogen and oxygen atoms in total. The standard InChI is InChI=1S/C9H16N2/c1-3-11-9-7-5-4-6-8-10-2/h3-7,10H,8-9H2,1-2H3/b6-4-,7-5-,11-3-. The molecule has 0 rings (SSSR count). The first-order valence-electron chi connectivity index (χ1n) is 3.82. The van der Waals surface area contributed by atoms with Crippen LogP contribution in [0.2, 0.25) is 0 Å². The summed E-state index contributed by atoms with van der Waals surface area (Å²) in [6.07, 6.45) is 9.91. The van der Waals surface area contributed by atoms with Gasteiger partial charge in [-0.1, -0.05) is 24.3 Å². The Balaban J connectivity index is 3.28. The van der Waals surface area contributed by atoms with Crippen molar-refractivity contribution in [3.05, 3.63) is 24.3 Å². The fourth-order valence-corrected chi connectivity index (χ4v) is 0.570. The van der Waals surface area contributed by atoms with Gasteiger partial charge in [-0.25, -0.2) is 0 Å². The van der Waals surface area contributed by atoms with Crippen molar-refractivity contribution in [1.29, 1.82) is 0 Å². The van der Waals surface area contributed by atoms with Crippen molar-refractivity contribution >= 4 is 6.21 Å². The van der Waals surface area contributed by atoms with Crippen molar-refractivity contribution < 1.29 is 0 Å². The molecule has 0 fully saturated rings. The maximum atomic E-state index is 4.03. The molecule has 0 amide bonds. The number of allylic oxidation sites excluding steroid dienone is 2. The van der Waals surface area contributed by atoms with Crippen LogP contribution in [0.5, 0.6) is 0 Å². The fourth-order valence-electron chi connectivity index (χ4n) is 0.570. The Bertz CT molecular complexity index is 146. The van der Waals surface area contributed by atoms with Gasteiger partial charge in [-0.15, -0.1) is 0 Å². The van der Waals surface area contributed by atoms with Gasteiger partial charge in [-0.2, -0.15) is 0 Å². The van der Waals surface area contributed by atoms with Crippen molar-refractivity contribution in [3.63, 3.8) is 0 Å². The maximum absolute atomic E-state index is 4.03. The normalized spacial score (nSPS) is 12.5. The Morgan fingerprint density at radius 1 is 1.27 bits per heavy atom. The van der Waals surface area contributed by atoms with Crippen molar-refractivity contribution in [2.24, 2.45) is 4.99 Å². The molecule has 0 aromatic carbocycles. The highest BCUT2D eigenvalue weighted by molar-refractivity contribution is 5.53. The first-order chi connectivity index (χ1) is 5.41. The van der Waals surface area contributed by atoms with E-state index >= 15 is 0 Å². The molecular formula is C9H16N2. The van der Waals surface area contributed by atoms with E-state index in [0.29, 0.717) is 0 Å². The van der Waals surface area contributed by atoms with Crippen LogP contribution in [0.1, 0.15) is 6.92 Å². The SMILES string of the molecule is C/C=N\C/C=C\C=C/CNC. The Labute approximate surface area is 68.7 Å². The molecule has 0 saturated carbocycles. The summed E-state index contributed by atoms with van der Waals surface area (Å²) in [5, 5.41) is 3.02. The molecule has 0 atom stereocenters. The van der Waals surface area contributed by atoms with Crippen molar-refractivity contribution in [2.45, 2.75) is 6.92 Å². The lowest BCUT2D eigenvalue weighted by Gasteiger charge is -1.84. The van der Waals surface area contributed by atoms with Crippen LogP contribution in [0.15, 0.2) is 29.3 Å². The fraction of sp³-hybridized carbons (Fsp3) is 0.444. The molecule has 2 heteroatoms. The molecule has 0 bridgehead atoms. The minimum absolute atomic E-state index is 0.778. The number of likely N-dealkylation sites (N-methyl/N-ethyl adjacent to an activating group) is 1. The van der Waals surface area contributed by atoms with E-state index in [1.165, 1.54) is 0 Å². The number of hydrogen-bond donors (Lipinski definition) is 1. The van der Waals surface area contributed by atoms with Gasteiger partial charge in [0.05, 0.1) is 6.54 Å². The van der Waals surface area contributed by atoms with Crippen LogP contribution in [0.4, 0.5) is 0 Å². The predicted octanol–water partition coefficient (Wildman–Crippen LogP) is 1.41. The summed E-state index contributed by atoms with van der Waals surface area (Å²) in [6, 6.07) is 0. The molecule has 0 aromatic heterocycles. The lowest BCUT2D eigenvalue weighted by molar-refractivity contribution is 0.920. The van der Waals surface area contributed by atoms with E-state index in [0.717, 1.165) is 13.1 Å². The Hall–Kier alpha value is -0.890. The van der Waals surface area contributed by atoms with Crippen LogP contribution in [-0.2, 0) is 0 Å². The van der Waals surface area contributed by atoms with Gasteiger partial charge < -0.3 is 5.32 Å². The van der Waals surface area contributed by atoms with Gasteiger partial charge in [0.15, 0.2) is 0 Å². The second kappa shape index (κ2) is 9.11. The third kappa shape index (κ3) is 9.11. The van der Waals surface area contributed by atoms with Crippen molar-refractivity contribution in [2.75, 3.05) is 20.1 Å².